The summed E-state index contributed by atoms with van der Waals surface area (Å²) in [5.41, 5.74) is 0.352. The van der Waals surface area contributed by atoms with E-state index in [4.69, 9.17) is 16.3 Å². The molecular weight excluding hydrogens is 325 g/mol. The minimum atomic E-state index is -0.466. The number of quaternary nitrogens is 1. The molecule has 1 aliphatic rings. The number of carbonyl (C=O) groups is 2. The number of rotatable bonds is 5. The van der Waals surface area contributed by atoms with E-state index in [1.165, 1.54) is 12.1 Å². The highest BCUT2D eigenvalue weighted by Gasteiger charge is 2.21. The predicted molar refractivity (Wildman–Crippen MR) is 84.1 cm³/mol. The topological polar surface area (TPSA) is 63.1 Å². The first kappa shape index (κ1) is 17.7. The average molecular weight is 345 g/mol. The standard InChI is InChI=1S/C15H19ClFN3O3/c1-19(10-15(22)20-4-6-23-7-5-20)9-14(21)18-13-3-2-11(17)8-12(13)16/h2-3,8H,4-7,9-10H2,1H3,(H,18,21)/p+1. The van der Waals surface area contributed by atoms with Crippen LogP contribution < -0.4 is 10.2 Å². The van der Waals surface area contributed by atoms with Gasteiger partial charge in [0.25, 0.3) is 11.8 Å². The van der Waals surface area contributed by atoms with Crippen LogP contribution in [-0.2, 0) is 14.3 Å². The molecular formula is C15H20ClFN3O3+. The van der Waals surface area contributed by atoms with Crippen LogP contribution in [0.5, 0.6) is 0 Å². The van der Waals surface area contributed by atoms with Crippen LogP contribution in [-0.4, -0.2) is 63.2 Å². The number of morpholine rings is 1. The summed E-state index contributed by atoms with van der Waals surface area (Å²) in [7, 11) is 1.77. The second-order valence-electron chi connectivity index (χ2n) is 5.48. The number of nitrogens with zero attached hydrogens (tertiary/aromatic N) is 1. The van der Waals surface area contributed by atoms with Crippen LogP contribution in [0.15, 0.2) is 18.2 Å². The number of ether oxygens (including phenoxy) is 1. The first-order valence-electron chi connectivity index (χ1n) is 7.37. The molecule has 1 saturated heterocycles. The molecule has 1 unspecified atom stereocenters. The van der Waals surface area contributed by atoms with Crippen LogP contribution in [0.4, 0.5) is 10.1 Å². The van der Waals surface area contributed by atoms with Crippen LogP contribution in [0.3, 0.4) is 0 Å². The summed E-state index contributed by atoms with van der Waals surface area (Å²) in [5, 5.41) is 2.76. The minimum absolute atomic E-state index is 0.00147. The van der Waals surface area contributed by atoms with Crippen molar-refractivity contribution in [3.63, 3.8) is 0 Å². The van der Waals surface area contributed by atoms with Gasteiger partial charge in [0, 0.05) is 13.1 Å². The fourth-order valence-corrected chi connectivity index (χ4v) is 2.52. The van der Waals surface area contributed by atoms with E-state index in [1.54, 1.807) is 11.9 Å². The van der Waals surface area contributed by atoms with Crippen molar-refractivity contribution in [3.8, 4) is 0 Å². The molecule has 0 aliphatic carbocycles. The molecule has 23 heavy (non-hydrogen) atoms. The van der Waals surface area contributed by atoms with Crippen LogP contribution in [0, 0.1) is 5.82 Å². The largest absolute Gasteiger partial charge is 0.378 e. The Bertz CT molecular complexity index is 579. The van der Waals surface area contributed by atoms with Gasteiger partial charge in [-0.2, -0.15) is 0 Å². The number of halogens is 2. The lowest BCUT2D eigenvalue weighted by Gasteiger charge is -2.27. The fourth-order valence-electron chi connectivity index (χ4n) is 2.30. The highest BCUT2D eigenvalue weighted by Crippen LogP contribution is 2.21. The van der Waals surface area contributed by atoms with E-state index in [1.807, 2.05) is 0 Å². The summed E-state index contributed by atoms with van der Waals surface area (Å²) in [6.45, 7) is 2.62. The third-order valence-electron chi connectivity index (χ3n) is 3.48. The van der Waals surface area contributed by atoms with E-state index < -0.39 is 5.82 Å². The smallest absolute Gasteiger partial charge is 0.279 e. The van der Waals surface area contributed by atoms with Gasteiger partial charge in [0.05, 0.1) is 31.0 Å². The summed E-state index contributed by atoms with van der Waals surface area (Å²) in [6.07, 6.45) is 0. The Labute approximate surface area is 139 Å². The zero-order valence-corrected chi connectivity index (χ0v) is 13.7. The summed E-state index contributed by atoms with van der Waals surface area (Å²) in [4.78, 5) is 26.6. The van der Waals surface area contributed by atoms with E-state index in [0.717, 1.165) is 11.0 Å². The predicted octanol–water partition coefficient (Wildman–Crippen LogP) is -0.209. The zero-order valence-electron chi connectivity index (χ0n) is 12.9. The number of carbonyl (C=O) groups excluding carboxylic acids is 2. The van der Waals surface area contributed by atoms with Gasteiger partial charge in [-0.25, -0.2) is 4.39 Å². The molecule has 0 spiro atoms. The van der Waals surface area contributed by atoms with Gasteiger partial charge in [0.1, 0.15) is 5.82 Å². The normalized spacial score (nSPS) is 16.0. The average Bonchev–Trinajstić information content (AvgIpc) is 2.50. The van der Waals surface area contributed by atoms with Crippen molar-refractivity contribution in [2.24, 2.45) is 0 Å². The molecule has 1 atom stereocenters. The van der Waals surface area contributed by atoms with Crippen molar-refractivity contribution in [1.82, 2.24) is 4.90 Å². The monoisotopic (exact) mass is 344 g/mol. The van der Waals surface area contributed by atoms with E-state index in [2.05, 4.69) is 5.32 Å². The lowest BCUT2D eigenvalue weighted by Crippen LogP contribution is -3.11. The van der Waals surface area contributed by atoms with Gasteiger partial charge in [-0.05, 0) is 18.2 Å². The third-order valence-corrected chi connectivity index (χ3v) is 3.80. The molecule has 0 bridgehead atoms. The highest BCUT2D eigenvalue weighted by molar-refractivity contribution is 6.33. The molecule has 8 heteroatoms. The van der Waals surface area contributed by atoms with E-state index in [9.17, 15) is 14.0 Å². The molecule has 126 valence electrons. The number of hydrogen-bond acceptors (Lipinski definition) is 3. The van der Waals surface area contributed by atoms with Crippen molar-refractivity contribution < 1.29 is 23.6 Å². The molecule has 0 aromatic heterocycles. The maximum absolute atomic E-state index is 13.0. The lowest BCUT2D eigenvalue weighted by atomic mass is 10.3. The van der Waals surface area contributed by atoms with Crippen molar-refractivity contribution >= 4 is 29.1 Å². The molecule has 1 aliphatic heterocycles. The first-order valence-corrected chi connectivity index (χ1v) is 7.75. The Morgan fingerprint density at radius 1 is 1.35 bits per heavy atom. The van der Waals surface area contributed by atoms with Crippen molar-refractivity contribution in [2.75, 3.05) is 51.8 Å². The van der Waals surface area contributed by atoms with E-state index in [-0.39, 0.29) is 29.9 Å². The molecule has 2 rings (SSSR count). The molecule has 1 aromatic rings. The van der Waals surface area contributed by atoms with Gasteiger partial charge < -0.3 is 19.9 Å². The molecule has 2 amide bonds. The Morgan fingerprint density at radius 2 is 2.04 bits per heavy atom. The van der Waals surface area contributed by atoms with Crippen molar-refractivity contribution in [2.45, 2.75) is 0 Å². The summed E-state index contributed by atoms with van der Waals surface area (Å²) in [6, 6.07) is 3.76. The van der Waals surface area contributed by atoms with Gasteiger partial charge in [0.15, 0.2) is 13.1 Å². The SMILES string of the molecule is C[NH+](CC(=O)Nc1ccc(F)cc1Cl)CC(=O)N1CCOCC1. The number of hydrogen-bond donors (Lipinski definition) is 2. The van der Waals surface area contributed by atoms with Gasteiger partial charge in [-0.1, -0.05) is 11.6 Å². The molecule has 0 saturated carbocycles. The van der Waals surface area contributed by atoms with Crippen LogP contribution in [0.2, 0.25) is 5.02 Å². The highest BCUT2D eigenvalue weighted by atomic mass is 35.5. The second kappa shape index (κ2) is 8.24. The molecule has 0 radical (unpaired) electrons. The number of benzene rings is 1. The number of anilines is 1. The Balaban J connectivity index is 1.81. The fraction of sp³-hybridized carbons (Fsp3) is 0.467. The van der Waals surface area contributed by atoms with Crippen LogP contribution in [0.25, 0.3) is 0 Å². The lowest BCUT2D eigenvalue weighted by molar-refractivity contribution is -0.862. The minimum Gasteiger partial charge on any atom is -0.378 e. The molecule has 2 N–H and O–H groups in total. The molecule has 1 heterocycles. The number of nitrogens with one attached hydrogen (secondary N) is 2. The second-order valence-corrected chi connectivity index (χ2v) is 5.88. The van der Waals surface area contributed by atoms with Crippen LogP contribution >= 0.6 is 11.6 Å². The van der Waals surface area contributed by atoms with E-state index >= 15 is 0 Å². The van der Waals surface area contributed by atoms with Gasteiger partial charge in [0.2, 0.25) is 0 Å². The summed E-state index contributed by atoms with van der Waals surface area (Å²) >= 11 is 5.86. The first-order chi connectivity index (χ1) is 11.0. The van der Waals surface area contributed by atoms with Gasteiger partial charge in [-0.3, -0.25) is 9.59 Å². The summed E-state index contributed by atoms with van der Waals surface area (Å²) < 4.78 is 18.2. The van der Waals surface area contributed by atoms with Gasteiger partial charge in [-0.15, -0.1) is 0 Å². The molecule has 6 nitrogen and oxygen atoms in total. The molecule has 1 fully saturated rings. The Kier molecular flexibility index (Phi) is 6.32. The van der Waals surface area contributed by atoms with Gasteiger partial charge >= 0.3 is 0 Å². The Morgan fingerprint density at radius 3 is 2.70 bits per heavy atom. The number of likely N-dealkylation sites (N-methyl/N-ethyl adjacent to an activating group) is 1. The zero-order chi connectivity index (χ0) is 16.8. The molecule has 1 aromatic carbocycles. The number of amides is 2. The quantitative estimate of drug-likeness (QED) is 0.777. The maximum atomic E-state index is 13.0. The maximum Gasteiger partial charge on any atom is 0.279 e. The van der Waals surface area contributed by atoms with Crippen molar-refractivity contribution in [3.05, 3.63) is 29.0 Å². The third kappa shape index (κ3) is 5.46. The van der Waals surface area contributed by atoms with Crippen molar-refractivity contribution in [1.29, 1.82) is 0 Å². The summed E-state index contributed by atoms with van der Waals surface area (Å²) in [5.74, 6) is -0.754. The van der Waals surface area contributed by atoms with E-state index in [0.29, 0.717) is 32.0 Å². The van der Waals surface area contributed by atoms with Crippen LogP contribution in [0.1, 0.15) is 0 Å². The Hall–Kier alpha value is -1.70.